The summed E-state index contributed by atoms with van der Waals surface area (Å²) in [6, 6.07) is 5.01. The fraction of sp³-hybridized carbons (Fsp3) is 0.286. The Hall–Kier alpha value is -2.50. The molecule has 1 aromatic rings. The van der Waals surface area contributed by atoms with Crippen molar-refractivity contribution in [3.63, 3.8) is 0 Å². The number of ether oxygens (including phenoxy) is 2. The van der Waals surface area contributed by atoms with Crippen molar-refractivity contribution in [2.24, 2.45) is 0 Å². The van der Waals surface area contributed by atoms with Gasteiger partial charge in [-0.25, -0.2) is 4.79 Å². The van der Waals surface area contributed by atoms with Gasteiger partial charge in [-0.05, 0) is 19.1 Å². The van der Waals surface area contributed by atoms with Gasteiger partial charge in [0.15, 0.2) is 11.5 Å². The maximum Gasteiger partial charge on any atom is 0.333 e. The number of carbonyl (C=O) groups excluding carboxylic acids is 1. The van der Waals surface area contributed by atoms with Crippen LogP contribution in [0.15, 0.2) is 29.5 Å². The molecule has 0 bridgehead atoms. The van der Waals surface area contributed by atoms with Crippen molar-refractivity contribution >= 4 is 17.6 Å². The van der Waals surface area contributed by atoms with Crippen LogP contribution >= 0.6 is 0 Å². The monoisotopic (exact) mass is 277 g/mol. The van der Waals surface area contributed by atoms with E-state index in [9.17, 15) is 9.59 Å². The number of anilines is 1. The number of hydrogen-bond acceptors (Lipinski definition) is 4. The molecule has 0 aromatic heterocycles. The number of allylic oxidation sites excluding steroid dienone is 1. The summed E-state index contributed by atoms with van der Waals surface area (Å²) in [7, 11) is 3.02. The lowest BCUT2D eigenvalue weighted by Gasteiger charge is -2.19. The Morgan fingerprint density at radius 1 is 1.25 bits per heavy atom. The lowest BCUT2D eigenvalue weighted by molar-refractivity contribution is -0.133. The van der Waals surface area contributed by atoms with E-state index >= 15 is 0 Å². The molecule has 6 heteroatoms. The number of amides is 1. The maximum atomic E-state index is 12.0. The van der Waals surface area contributed by atoms with Gasteiger partial charge in [-0.2, -0.15) is 0 Å². The molecule has 1 aliphatic heterocycles. The summed E-state index contributed by atoms with van der Waals surface area (Å²) >= 11 is 0. The van der Waals surface area contributed by atoms with Crippen LogP contribution in [-0.2, 0) is 9.59 Å². The summed E-state index contributed by atoms with van der Waals surface area (Å²) in [5, 5.41) is 9.07. The van der Waals surface area contributed by atoms with Crippen LogP contribution in [0.2, 0.25) is 0 Å². The minimum atomic E-state index is -1.07. The SMILES string of the molecule is COc1ccc(N2C(=O)CC(C(=O)O)=C2C)cc1OC. The van der Waals surface area contributed by atoms with Crippen molar-refractivity contribution < 1.29 is 24.2 Å². The predicted molar refractivity (Wildman–Crippen MR) is 72.0 cm³/mol. The molecule has 1 aliphatic rings. The van der Waals surface area contributed by atoms with Crippen molar-refractivity contribution in [1.82, 2.24) is 0 Å². The minimum Gasteiger partial charge on any atom is -0.493 e. The number of carboxylic acids is 1. The summed E-state index contributed by atoms with van der Waals surface area (Å²) in [5.41, 5.74) is 1.10. The lowest BCUT2D eigenvalue weighted by Crippen LogP contribution is -2.23. The molecule has 0 spiro atoms. The van der Waals surface area contributed by atoms with Gasteiger partial charge in [0, 0.05) is 11.8 Å². The Bertz CT molecular complexity index is 606. The average molecular weight is 277 g/mol. The van der Waals surface area contributed by atoms with Crippen molar-refractivity contribution in [2.75, 3.05) is 19.1 Å². The zero-order valence-electron chi connectivity index (χ0n) is 11.5. The number of carboxylic acid groups (broad SMARTS) is 1. The van der Waals surface area contributed by atoms with Crippen LogP contribution in [0.1, 0.15) is 13.3 Å². The van der Waals surface area contributed by atoms with Crippen LogP contribution in [0.4, 0.5) is 5.69 Å². The zero-order valence-corrected chi connectivity index (χ0v) is 11.5. The topological polar surface area (TPSA) is 76.1 Å². The number of carbonyl (C=O) groups is 2. The van der Waals surface area contributed by atoms with Gasteiger partial charge in [-0.3, -0.25) is 9.69 Å². The molecule has 0 unspecified atom stereocenters. The molecule has 2 rings (SSSR count). The summed E-state index contributed by atoms with van der Waals surface area (Å²) < 4.78 is 10.3. The molecule has 1 aromatic carbocycles. The summed E-state index contributed by atoms with van der Waals surface area (Å²) in [5.74, 6) is -0.316. The van der Waals surface area contributed by atoms with Gasteiger partial charge in [0.05, 0.1) is 31.9 Å². The lowest BCUT2D eigenvalue weighted by atomic mass is 10.2. The summed E-state index contributed by atoms with van der Waals surface area (Å²) in [6.45, 7) is 1.62. The van der Waals surface area contributed by atoms with Gasteiger partial charge in [0.25, 0.3) is 0 Å². The van der Waals surface area contributed by atoms with Gasteiger partial charge < -0.3 is 14.6 Å². The number of aliphatic carboxylic acids is 1. The van der Waals surface area contributed by atoms with E-state index in [1.807, 2.05) is 0 Å². The third kappa shape index (κ3) is 2.20. The molecule has 0 aliphatic carbocycles. The van der Waals surface area contributed by atoms with Gasteiger partial charge in [0.1, 0.15) is 0 Å². The van der Waals surface area contributed by atoms with Gasteiger partial charge in [-0.1, -0.05) is 0 Å². The molecule has 20 heavy (non-hydrogen) atoms. The molecular weight excluding hydrogens is 262 g/mol. The molecule has 0 saturated carbocycles. The number of methoxy groups -OCH3 is 2. The summed E-state index contributed by atoms with van der Waals surface area (Å²) in [6.07, 6.45) is -0.102. The van der Waals surface area contributed by atoms with Gasteiger partial charge in [0.2, 0.25) is 5.91 Å². The predicted octanol–water partition coefficient (Wildman–Crippen LogP) is 1.80. The molecule has 6 nitrogen and oxygen atoms in total. The fourth-order valence-electron chi connectivity index (χ4n) is 2.21. The molecule has 106 valence electrons. The van der Waals surface area contributed by atoms with Crippen LogP contribution in [0, 0.1) is 0 Å². The van der Waals surface area contributed by atoms with Crippen LogP contribution in [0.3, 0.4) is 0 Å². The third-order valence-corrected chi connectivity index (χ3v) is 3.23. The Labute approximate surface area is 116 Å². The maximum absolute atomic E-state index is 12.0. The number of rotatable bonds is 4. The van der Waals surface area contributed by atoms with E-state index in [4.69, 9.17) is 14.6 Å². The molecule has 1 N–H and O–H groups in total. The molecule has 0 atom stereocenters. The van der Waals surface area contributed by atoms with E-state index in [1.165, 1.54) is 19.1 Å². The van der Waals surface area contributed by atoms with E-state index in [1.54, 1.807) is 25.1 Å². The molecule has 0 fully saturated rings. The molecule has 1 heterocycles. The molecule has 0 radical (unpaired) electrons. The Morgan fingerprint density at radius 3 is 2.40 bits per heavy atom. The summed E-state index contributed by atoms with van der Waals surface area (Å²) in [4.78, 5) is 24.5. The van der Waals surface area contributed by atoms with Crippen molar-refractivity contribution in [3.05, 3.63) is 29.5 Å². The third-order valence-electron chi connectivity index (χ3n) is 3.23. The highest BCUT2D eigenvalue weighted by Crippen LogP contribution is 2.36. The zero-order chi connectivity index (χ0) is 14.9. The Kier molecular flexibility index (Phi) is 3.65. The minimum absolute atomic E-state index is 0.102. The first-order valence-electron chi connectivity index (χ1n) is 5.97. The van der Waals surface area contributed by atoms with E-state index < -0.39 is 5.97 Å². The van der Waals surface area contributed by atoms with Crippen LogP contribution in [0.5, 0.6) is 11.5 Å². The van der Waals surface area contributed by atoms with Crippen molar-refractivity contribution in [1.29, 1.82) is 0 Å². The first-order chi connectivity index (χ1) is 9.49. The highest BCUT2D eigenvalue weighted by atomic mass is 16.5. The van der Waals surface area contributed by atoms with Crippen LogP contribution < -0.4 is 14.4 Å². The standard InChI is InChI=1S/C14H15NO5/c1-8-10(14(17)18)7-13(16)15(8)9-4-5-11(19-2)12(6-9)20-3/h4-6H,7H2,1-3H3,(H,17,18). The van der Waals surface area contributed by atoms with Crippen LogP contribution in [-0.4, -0.2) is 31.2 Å². The van der Waals surface area contributed by atoms with E-state index in [-0.39, 0.29) is 17.9 Å². The second kappa shape index (κ2) is 5.24. The fourth-order valence-corrected chi connectivity index (χ4v) is 2.21. The van der Waals surface area contributed by atoms with Gasteiger partial charge in [-0.15, -0.1) is 0 Å². The Balaban J connectivity index is 2.46. The molecular formula is C14H15NO5. The molecule has 1 amide bonds. The quantitative estimate of drug-likeness (QED) is 0.908. The highest BCUT2D eigenvalue weighted by Gasteiger charge is 2.32. The number of nitrogens with zero attached hydrogens (tertiary/aromatic N) is 1. The number of hydrogen-bond donors (Lipinski definition) is 1. The normalized spacial score (nSPS) is 14.8. The molecule has 0 saturated heterocycles. The largest absolute Gasteiger partial charge is 0.493 e. The van der Waals surface area contributed by atoms with Gasteiger partial charge >= 0.3 is 5.97 Å². The Morgan fingerprint density at radius 2 is 1.90 bits per heavy atom. The first kappa shape index (κ1) is 13.9. The van der Waals surface area contributed by atoms with Crippen LogP contribution in [0.25, 0.3) is 0 Å². The van der Waals surface area contributed by atoms with E-state index in [2.05, 4.69) is 0 Å². The first-order valence-corrected chi connectivity index (χ1v) is 5.97. The van der Waals surface area contributed by atoms with E-state index in [0.717, 1.165) is 0 Å². The smallest absolute Gasteiger partial charge is 0.333 e. The second-order valence-corrected chi connectivity index (χ2v) is 4.31. The number of benzene rings is 1. The van der Waals surface area contributed by atoms with Crippen molar-refractivity contribution in [3.8, 4) is 11.5 Å². The van der Waals surface area contributed by atoms with Crippen molar-refractivity contribution in [2.45, 2.75) is 13.3 Å². The second-order valence-electron chi connectivity index (χ2n) is 4.31. The highest BCUT2D eigenvalue weighted by molar-refractivity contribution is 6.08. The average Bonchev–Trinajstić information content (AvgIpc) is 2.73. The van der Waals surface area contributed by atoms with E-state index in [0.29, 0.717) is 22.9 Å².